The molecule has 0 saturated carbocycles. The van der Waals surface area contributed by atoms with Crippen LogP contribution in [0.5, 0.6) is 11.5 Å². The fourth-order valence-corrected chi connectivity index (χ4v) is 4.88. The van der Waals surface area contributed by atoms with E-state index in [9.17, 15) is 14.1 Å². The predicted molar refractivity (Wildman–Crippen MR) is 117 cm³/mol. The number of carboxylic acids is 1. The van der Waals surface area contributed by atoms with Gasteiger partial charge in [-0.1, -0.05) is 18.2 Å². The number of benzene rings is 2. The molecule has 0 bridgehead atoms. The minimum absolute atomic E-state index is 0.163. The van der Waals surface area contributed by atoms with Crippen molar-refractivity contribution in [3.05, 3.63) is 54.1 Å². The zero-order chi connectivity index (χ0) is 22.1. The summed E-state index contributed by atoms with van der Waals surface area (Å²) in [6.45, 7) is 7.86. The van der Waals surface area contributed by atoms with E-state index in [1.165, 1.54) is 4.31 Å². The molecule has 2 aromatic rings. The highest BCUT2D eigenvalue weighted by Crippen LogP contribution is 2.43. The van der Waals surface area contributed by atoms with Crippen LogP contribution in [-0.4, -0.2) is 44.3 Å². The lowest BCUT2D eigenvalue weighted by Crippen LogP contribution is -2.69. The first kappa shape index (κ1) is 22.1. The van der Waals surface area contributed by atoms with Crippen molar-refractivity contribution in [2.75, 3.05) is 18.6 Å². The molecule has 162 valence electrons. The molecule has 1 aliphatic heterocycles. The zero-order valence-corrected chi connectivity index (χ0v) is 18.7. The Balaban J connectivity index is 2.01. The third-order valence-corrected chi connectivity index (χ3v) is 7.28. The highest BCUT2D eigenvalue weighted by molar-refractivity contribution is 7.78. The fraction of sp³-hybridized carbons (Fsp3) is 0.409. The number of hydrogen-bond acceptors (Lipinski definition) is 5. The average molecular weight is 433 g/mol. The Morgan fingerprint density at radius 3 is 2.30 bits per heavy atom. The molecule has 0 saturated heterocycles. The molecule has 3 rings (SSSR count). The van der Waals surface area contributed by atoms with Crippen LogP contribution in [0.3, 0.4) is 0 Å². The van der Waals surface area contributed by atoms with E-state index in [0.717, 1.165) is 11.3 Å². The molecule has 0 aliphatic carbocycles. The van der Waals surface area contributed by atoms with Crippen LogP contribution in [0.2, 0.25) is 0 Å². The second-order valence-corrected chi connectivity index (χ2v) is 8.91. The first-order valence-electron chi connectivity index (χ1n) is 9.78. The quantitative estimate of drug-likeness (QED) is 0.751. The number of hydrogen-bond donors (Lipinski definition) is 1. The van der Waals surface area contributed by atoms with Crippen LogP contribution in [-0.2, 0) is 22.6 Å². The van der Waals surface area contributed by atoms with Gasteiger partial charge in [0.05, 0.1) is 12.1 Å². The molecule has 0 aromatic heterocycles. The molecule has 0 spiro atoms. The first-order chi connectivity index (χ1) is 14.1. The van der Waals surface area contributed by atoms with E-state index in [1.54, 1.807) is 31.2 Å². The number of likely N-dealkylation sites (N-methyl/N-ethyl adjacent to an activating group) is 1. The normalized spacial score (nSPS) is 22.0. The van der Waals surface area contributed by atoms with Crippen molar-refractivity contribution in [2.24, 2.45) is 0 Å². The van der Waals surface area contributed by atoms with Gasteiger partial charge in [-0.15, -0.1) is 0 Å². The van der Waals surface area contributed by atoms with E-state index < -0.39 is 28.3 Å². The van der Waals surface area contributed by atoms with Crippen LogP contribution >= 0.6 is 0 Å². The number of fused-ring (bicyclic) bond motifs is 1. The lowest BCUT2D eigenvalue weighted by Gasteiger charge is -2.49. The van der Waals surface area contributed by atoms with E-state index in [-0.39, 0.29) is 6.54 Å². The van der Waals surface area contributed by atoms with Crippen LogP contribution in [0, 0.1) is 0 Å². The van der Waals surface area contributed by atoms with Crippen molar-refractivity contribution < 1.29 is 23.0 Å². The molecule has 7 nitrogen and oxygen atoms in total. The van der Waals surface area contributed by atoms with Gasteiger partial charge in [0.15, 0.2) is 5.54 Å². The van der Waals surface area contributed by atoms with Gasteiger partial charge in [0, 0.05) is 19.3 Å². The van der Waals surface area contributed by atoms with Crippen LogP contribution < -0.4 is 13.8 Å². The van der Waals surface area contributed by atoms with Crippen molar-refractivity contribution in [3.63, 3.8) is 0 Å². The second-order valence-electron chi connectivity index (χ2n) is 7.87. The minimum Gasteiger partial charge on any atom is -0.494 e. The summed E-state index contributed by atoms with van der Waals surface area (Å²) in [5.74, 6) is -0.0264. The lowest BCUT2D eigenvalue weighted by atomic mass is 9.79. The van der Waals surface area contributed by atoms with Crippen molar-refractivity contribution in [2.45, 2.75) is 45.3 Å². The van der Waals surface area contributed by atoms with Crippen molar-refractivity contribution in [1.29, 1.82) is 0 Å². The number of nitrogens with zero attached hydrogens (tertiary/aromatic N) is 2. The highest BCUT2D eigenvalue weighted by Gasteiger charge is 2.58. The summed E-state index contributed by atoms with van der Waals surface area (Å²) in [6.07, 6.45) is 0. The molecule has 2 unspecified atom stereocenters. The summed E-state index contributed by atoms with van der Waals surface area (Å²) in [6, 6.07) is 14.4. The fourth-order valence-electron chi connectivity index (χ4n) is 3.67. The highest BCUT2D eigenvalue weighted by atomic mass is 32.2. The molecule has 2 aromatic carbocycles. The molecule has 1 heterocycles. The van der Waals surface area contributed by atoms with Gasteiger partial charge in [0.25, 0.3) is 11.3 Å². The maximum atomic E-state index is 13.4. The van der Waals surface area contributed by atoms with E-state index >= 15 is 0 Å². The molecule has 30 heavy (non-hydrogen) atoms. The number of carboxylic acid groups (broad SMARTS) is 1. The largest absolute Gasteiger partial charge is 0.494 e. The second kappa shape index (κ2) is 8.28. The summed E-state index contributed by atoms with van der Waals surface area (Å²) in [5, 5.41) is 10.3. The summed E-state index contributed by atoms with van der Waals surface area (Å²) < 4.78 is 25.9. The predicted octanol–water partition coefficient (Wildman–Crippen LogP) is 3.62. The molecule has 1 aliphatic rings. The van der Waals surface area contributed by atoms with Crippen LogP contribution in [0.1, 0.15) is 33.3 Å². The molecule has 8 heteroatoms. The van der Waals surface area contributed by atoms with E-state index in [4.69, 9.17) is 8.92 Å². The van der Waals surface area contributed by atoms with Gasteiger partial charge in [-0.25, -0.2) is 0 Å². The molecule has 2 atom stereocenters. The van der Waals surface area contributed by atoms with Gasteiger partial charge in [-0.2, -0.15) is 8.51 Å². The number of anilines is 1. The molecule has 0 fully saturated rings. The molecule has 0 amide bonds. The van der Waals surface area contributed by atoms with Crippen molar-refractivity contribution in [1.82, 2.24) is 4.31 Å². The Labute approximate surface area is 180 Å². The van der Waals surface area contributed by atoms with Crippen LogP contribution in [0.15, 0.2) is 48.5 Å². The topological polar surface area (TPSA) is 79.3 Å². The number of aliphatic carboxylic acids is 1. The Morgan fingerprint density at radius 2 is 1.70 bits per heavy atom. The molecular formula is C22H28N2O5S. The Hall–Kier alpha value is -2.58. The standard InChI is InChI=1S/C22H28N2O5S/c1-6-28-17-11-13-18(14-12-17)29-30(27)24-15-16-9-7-8-10-19(16)23(5)21(2,3)22(24,4)20(25)26/h7-14H,6,15H2,1-5H3,(H,25,26). The van der Waals surface area contributed by atoms with E-state index in [2.05, 4.69) is 0 Å². The smallest absolute Gasteiger partial charge is 0.327 e. The maximum Gasteiger partial charge on any atom is 0.327 e. The lowest BCUT2D eigenvalue weighted by molar-refractivity contribution is -0.151. The summed E-state index contributed by atoms with van der Waals surface area (Å²) >= 11 is -2.05. The van der Waals surface area contributed by atoms with E-state index in [1.807, 2.05) is 57.0 Å². The molecule has 1 N–H and O–H groups in total. The van der Waals surface area contributed by atoms with Gasteiger partial charge in [-0.3, -0.25) is 4.79 Å². The maximum absolute atomic E-state index is 13.4. The van der Waals surface area contributed by atoms with Crippen LogP contribution in [0.4, 0.5) is 5.69 Å². The number of carbonyl (C=O) groups is 1. The van der Waals surface area contributed by atoms with Gasteiger partial charge >= 0.3 is 5.97 Å². The van der Waals surface area contributed by atoms with Crippen molar-refractivity contribution >= 4 is 22.9 Å². The van der Waals surface area contributed by atoms with Gasteiger partial charge in [-0.05, 0) is 63.6 Å². The molecular weight excluding hydrogens is 404 g/mol. The van der Waals surface area contributed by atoms with E-state index in [0.29, 0.717) is 18.1 Å². The minimum atomic E-state index is -2.05. The van der Waals surface area contributed by atoms with Gasteiger partial charge in [0.1, 0.15) is 11.5 Å². The molecule has 0 radical (unpaired) electrons. The van der Waals surface area contributed by atoms with Gasteiger partial charge < -0.3 is 18.9 Å². The first-order valence-corrected chi connectivity index (χ1v) is 10.8. The third-order valence-electron chi connectivity index (χ3n) is 6.09. The van der Waals surface area contributed by atoms with Crippen LogP contribution in [0.25, 0.3) is 0 Å². The summed E-state index contributed by atoms with van der Waals surface area (Å²) in [5.41, 5.74) is -0.627. The Bertz CT molecular complexity index is 947. The Kier molecular flexibility index (Phi) is 6.10. The third kappa shape index (κ3) is 3.65. The Morgan fingerprint density at radius 1 is 1.10 bits per heavy atom. The summed E-state index contributed by atoms with van der Waals surface area (Å²) in [7, 11) is 1.86. The van der Waals surface area contributed by atoms with Crippen molar-refractivity contribution in [3.8, 4) is 11.5 Å². The zero-order valence-electron chi connectivity index (χ0n) is 17.9. The average Bonchev–Trinajstić information content (AvgIpc) is 2.78. The number of rotatable bonds is 6. The SMILES string of the molecule is CCOc1ccc(OS(=O)N2Cc3ccccc3N(C)C(C)(C)C2(C)C(=O)O)cc1. The monoisotopic (exact) mass is 432 g/mol. The van der Waals surface area contributed by atoms with Gasteiger partial charge in [0.2, 0.25) is 0 Å². The number of ether oxygens (including phenoxy) is 1. The number of para-hydroxylation sites is 1. The summed E-state index contributed by atoms with van der Waals surface area (Å²) in [4.78, 5) is 14.5.